The van der Waals surface area contributed by atoms with Crippen molar-refractivity contribution in [1.82, 2.24) is 4.98 Å². The van der Waals surface area contributed by atoms with E-state index in [1.807, 2.05) is 12.3 Å². The van der Waals surface area contributed by atoms with E-state index in [4.69, 9.17) is 11.6 Å². The van der Waals surface area contributed by atoms with Crippen LogP contribution in [0.25, 0.3) is 0 Å². The molecule has 0 radical (unpaired) electrons. The van der Waals surface area contributed by atoms with Gasteiger partial charge in [-0.1, -0.05) is 31.4 Å². The first kappa shape index (κ1) is 9.53. The summed E-state index contributed by atoms with van der Waals surface area (Å²) in [5.41, 5.74) is 1.25. The van der Waals surface area contributed by atoms with Crippen molar-refractivity contribution >= 4 is 11.6 Å². The molecule has 0 amide bonds. The van der Waals surface area contributed by atoms with E-state index in [2.05, 4.69) is 11.9 Å². The molecular formula is C10H14ClN. The van der Waals surface area contributed by atoms with Crippen LogP contribution in [0.4, 0.5) is 0 Å². The Labute approximate surface area is 78.8 Å². The Morgan fingerprint density at radius 1 is 1.33 bits per heavy atom. The number of rotatable bonds is 4. The first-order valence-electron chi connectivity index (χ1n) is 4.42. The minimum absolute atomic E-state index is 0.740. The summed E-state index contributed by atoms with van der Waals surface area (Å²) >= 11 is 5.80. The smallest absolute Gasteiger partial charge is 0.0592 e. The van der Waals surface area contributed by atoms with Gasteiger partial charge in [-0.25, -0.2) is 0 Å². The lowest BCUT2D eigenvalue weighted by Crippen LogP contribution is -1.86. The second-order valence-electron chi connectivity index (χ2n) is 2.97. The molecule has 0 saturated carbocycles. The third-order valence-corrected chi connectivity index (χ3v) is 2.04. The number of aryl methyl sites for hydroxylation is 1. The predicted octanol–water partition coefficient (Wildman–Crippen LogP) is 3.47. The lowest BCUT2D eigenvalue weighted by atomic mass is 10.1. The molecule has 0 fully saturated rings. The van der Waals surface area contributed by atoms with Crippen molar-refractivity contribution in [2.24, 2.45) is 0 Å². The van der Waals surface area contributed by atoms with Crippen LogP contribution in [-0.2, 0) is 6.42 Å². The van der Waals surface area contributed by atoms with Crippen LogP contribution in [0.15, 0.2) is 18.5 Å². The second kappa shape index (κ2) is 5.15. The van der Waals surface area contributed by atoms with Gasteiger partial charge in [0.05, 0.1) is 5.02 Å². The molecule has 0 aliphatic carbocycles. The Morgan fingerprint density at radius 3 is 2.83 bits per heavy atom. The Bertz CT molecular complexity index is 235. The van der Waals surface area contributed by atoms with Gasteiger partial charge in [-0.15, -0.1) is 0 Å². The van der Waals surface area contributed by atoms with E-state index < -0.39 is 0 Å². The molecule has 1 aromatic heterocycles. The normalized spacial score (nSPS) is 10.2. The maximum atomic E-state index is 5.80. The first-order chi connectivity index (χ1) is 5.83. The SMILES string of the molecule is CCCCCc1cncc(Cl)c1. The van der Waals surface area contributed by atoms with E-state index in [-0.39, 0.29) is 0 Å². The van der Waals surface area contributed by atoms with Crippen LogP contribution in [0.1, 0.15) is 31.7 Å². The summed E-state index contributed by atoms with van der Waals surface area (Å²) < 4.78 is 0. The van der Waals surface area contributed by atoms with Gasteiger partial charge in [0.1, 0.15) is 0 Å². The van der Waals surface area contributed by atoms with Crippen molar-refractivity contribution in [2.75, 3.05) is 0 Å². The molecule has 0 unspecified atom stereocenters. The molecule has 1 rings (SSSR count). The fourth-order valence-electron chi connectivity index (χ4n) is 1.17. The summed E-state index contributed by atoms with van der Waals surface area (Å²) in [5.74, 6) is 0. The average molecular weight is 184 g/mol. The molecule has 12 heavy (non-hydrogen) atoms. The van der Waals surface area contributed by atoms with Crippen molar-refractivity contribution in [3.05, 3.63) is 29.0 Å². The molecule has 2 heteroatoms. The van der Waals surface area contributed by atoms with Crippen LogP contribution < -0.4 is 0 Å². The molecular weight excluding hydrogens is 170 g/mol. The zero-order chi connectivity index (χ0) is 8.81. The maximum Gasteiger partial charge on any atom is 0.0592 e. The van der Waals surface area contributed by atoms with E-state index in [0.29, 0.717) is 0 Å². The first-order valence-corrected chi connectivity index (χ1v) is 4.80. The number of unbranched alkanes of at least 4 members (excludes halogenated alkanes) is 2. The zero-order valence-corrected chi connectivity index (χ0v) is 8.14. The molecule has 1 heterocycles. The Morgan fingerprint density at radius 2 is 2.17 bits per heavy atom. The molecule has 0 saturated heterocycles. The molecule has 0 aromatic carbocycles. The van der Waals surface area contributed by atoms with E-state index in [0.717, 1.165) is 11.4 Å². The molecule has 66 valence electrons. The standard InChI is InChI=1S/C10H14ClN/c1-2-3-4-5-9-6-10(11)8-12-7-9/h6-8H,2-5H2,1H3. The fourth-order valence-corrected chi connectivity index (χ4v) is 1.37. The number of halogens is 1. The number of hydrogen-bond donors (Lipinski definition) is 0. The van der Waals surface area contributed by atoms with Crippen molar-refractivity contribution in [2.45, 2.75) is 32.6 Å². The van der Waals surface area contributed by atoms with Gasteiger partial charge in [0.25, 0.3) is 0 Å². The second-order valence-corrected chi connectivity index (χ2v) is 3.40. The van der Waals surface area contributed by atoms with Crippen LogP contribution >= 0.6 is 11.6 Å². The van der Waals surface area contributed by atoms with Gasteiger partial charge in [0, 0.05) is 12.4 Å². The van der Waals surface area contributed by atoms with Crippen LogP contribution in [-0.4, -0.2) is 4.98 Å². The topological polar surface area (TPSA) is 12.9 Å². The van der Waals surface area contributed by atoms with Gasteiger partial charge in [-0.3, -0.25) is 4.98 Å². The molecule has 0 N–H and O–H groups in total. The lowest BCUT2D eigenvalue weighted by Gasteiger charge is -1.99. The highest BCUT2D eigenvalue weighted by Gasteiger charge is 1.94. The number of pyridine rings is 1. The number of nitrogens with zero attached hydrogens (tertiary/aromatic N) is 1. The maximum absolute atomic E-state index is 5.80. The van der Waals surface area contributed by atoms with Crippen molar-refractivity contribution in [1.29, 1.82) is 0 Å². The molecule has 0 bridgehead atoms. The molecule has 1 nitrogen and oxygen atoms in total. The molecule has 0 atom stereocenters. The molecule has 0 aliphatic rings. The lowest BCUT2D eigenvalue weighted by molar-refractivity contribution is 0.716. The Balaban J connectivity index is 2.41. The highest BCUT2D eigenvalue weighted by molar-refractivity contribution is 6.30. The largest absolute Gasteiger partial charge is 0.263 e. The minimum Gasteiger partial charge on any atom is -0.263 e. The number of hydrogen-bond acceptors (Lipinski definition) is 1. The van der Waals surface area contributed by atoms with E-state index in [1.54, 1.807) is 6.20 Å². The zero-order valence-electron chi connectivity index (χ0n) is 7.39. The van der Waals surface area contributed by atoms with Crippen molar-refractivity contribution in [3.63, 3.8) is 0 Å². The van der Waals surface area contributed by atoms with Gasteiger partial charge < -0.3 is 0 Å². The van der Waals surface area contributed by atoms with Gasteiger partial charge in [0.2, 0.25) is 0 Å². The summed E-state index contributed by atoms with van der Waals surface area (Å²) in [7, 11) is 0. The monoisotopic (exact) mass is 183 g/mol. The third kappa shape index (κ3) is 3.22. The highest BCUT2D eigenvalue weighted by atomic mass is 35.5. The van der Waals surface area contributed by atoms with Crippen LogP contribution in [0.5, 0.6) is 0 Å². The third-order valence-electron chi connectivity index (χ3n) is 1.83. The summed E-state index contributed by atoms with van der Waals surface area (Å²) in [6.07, 6.45) is 8.44. The highest BCUT2D eigenvalue weighted by Crippen LogP contribution is 2.11. The van der Waals surface area contributed by atoms with Crippen molar-refractivity contribution < 1.29 is 0 Å². The summed E-state index contributed by atoms with van der Waals surface area (Å²) in [5, 5.41) is 0.740. The van der Waals surface area contributed by atoms with Crippen LogP contribution in [0.3, 0.4) is 0 Å². The average Bonchev–Trinajstić information content (AvgIpc) is 2.05. The van der Waals surface area contributed by atoms with E-state index >= 15 is 0 Å². The predicted molar refractivity (Wildman–Crippen MR) is 52.5 cm³/mol. The van der Waals surface area contributed by atoms with Gasteiger partial charge in [-0.05, 0) is 24.5 Å². The summed E-state index contributed by atoms with van der Waals surface area (Å²) in [6.45, 7) is 2.20. The van der Waals surface area contributed by atoms with Gasteiger partial charge in [0.15, 0.2) is 0 Å². The molecule has 0 aliphatic heterocycles. The van der Waals surface area contributed by atoms with Crippen LogP contribution in [0, 0.1) is 0 Å². The number of aromatic nitrogens is 1. The molecule has 0 spiro atoms. The van der Waals surface area contributed by atoms with E-state index in [9.17, 15) is 0 Å². The van der Waals surface area contributed by atoms with E-state index in [1.165, 1.54) is 24.8 Å². The fraction of sp³-hybridized carbons (Fsp3) is 0.500. The van der Waals surface area contributed by atoms with Crippen molar-refractivity contribution in [3.8, 4) is 0 Å². The summed E-state index contributed by atoms with van der Waals surface area (Å²) in [6, 6.07) is 1.99. The quantitative estimate of drug-likeness (QED) is 0.652. The Hall–Kier alpha value is -0.560. The van der Waals surface area contributed by atoms with Gasteiger partial charge >= 0.3 is 0 Å². The molecule has 1 aromatic rings. The minimum atomic E-state index is 0.740. The van der Waals surface area contributed by atoms with Gasteiger partial charge in [-0.2, -0.15) is 0 Å². The summed E-state index contributed by atoms with van der Waals surface area (Å²) in [4.78, 5) is 4.03. The van der Waals surface area contributed by atoms with Crippen LogP contribution in [0.2, 0.25) is 5.02 Å². The Kier molecular flexibility index (Phi) is 4.09.